The van der Waals surface area contributed by atoms with Crippen molar-refractivity contribution in [2.24, 2.45) is 0 Å². The third kappa shape index (κ3) is 2.85. The molecule has 19 heavy (non-hydrogen) atoms. The second-order valence-corrected chi connectivity index (χ2v) is 5.12. The topological polar surface area (TPSA) is 74.7 Å². The molecular formula is C14H13BrN4. The largest absolute Gasteiger partial charge is 0.396 e. The maximum absolute atomic E-state index is 8.77. The van der Waals surface area contributed by atoms with Crippen LogP contribution in [-0.4, -0.2) is 4.98 Å². The summed E-state index contributed by atoms with van der Waals surface area (Å²) in [4.78, 5) is 4.16. The summed E-state index contributed by atoms with van der Waals surface area (Å²) in [5.41, 5.74) is 9.96. The number of halogens is 1. The molecule has 2 rings (SSSR count). The zero-order chi connectivity index (χ0) is 14.0. The molecule has 0 spiro atoms. The summed E-state index contributed by atoms with van der Waals surface area (Å²) in [6, 6.07) is 7.63. The second kappa shape index (κ2) is 5.29. The molecule has 1 aromatic heterocycles. The van der Waals surface area contributed by atoms with Crippen LogP contribution in [0.15, 0.2) is 28.9 Å². The van der Waals surface area contributed by atoms with Crippen molar-refractivity contribution in [1.29, 1.82) is 5.26 Å². The number of anilines is 3. The first-order chi connectivity index (χ1) is 9.01. The highest BCUT2D eigenvalue weighted by atomic mass is 79.9. The minimum absolute atomic E-state index is 0.450. The van der Waals surface area contributed by atoms with Gasteiger partial charge in [0, 0.05) is 16.4 Å². The standard InChI is InChI=1S/C14H13BrN4/c1-8-3-11(4-9(2)13(8)15)19-14-12(17)5-10(6-16)7-18-14/h3-5,7H,17H2,1-2H3,(H,18,19). The molecule has 0 aliphatic rings. The van der Waals surface area contributed by atoms with E-state index in [-0.39, 0.29) is 0 Å². The Morgan fingerprint density at radius 1 is 1.26 bits per heavy atom. The van der Waals surface area contributed by atoms with E-state index in [9.17, 15) is 0 Å². The number of pyridine rings is 1. The van der Waals surface area contributed by atoms with Crippen molar-refractivity contribution in [2.75, 3.05) is 11.1 Å². The fraction of sp³-hybridized carbons (Fsp3) is 0.143. The summed E-state index contributed by atoms with van der Waals surface area (Å²) in [6.45, 7) is 4.05. The predicted molar refractivity (Wildman–Crippen MR) is 80.3 cm³/mol. The molecule has 0 saturated heterocycles. The molecule has 0 fully saturated rings. The highest BCUT2D eigenvalue weighted by Gasteiger charge is 2.06. The number of aryl methyl sites for hydroxylation is 2. The average molecular weight is 317 g/mol. The van der Waals surface area contributed by atoms with Crippen molar-refractivity contribution in [1.82, 2.24) is 4.98 Å². The van der Waals surface area contributed by atoms with Crippen LogP contribution in [0.2, 0.25) is 0 Å². The molecule has 0 radical (unpaired) electrons. The lowest BCUT2D eigenvalue weighted by atomic mass is 10.1. The normalized spacial score (nSPS) is 10.0. The minimum atomic E-state index is 0.450. The number of rotatable bonds is 2. The van der Waals surface area contributed by atoms with E-state index in [1.807, 2.05) is 32.0 Å². The smallest absolute Gasteiger partial charge is 0.153 e. The third-order valence-electron chi connectivity index (χ3n) is 2.75. The zero-order valence-electron chi connectivity index (χ0n) is 10.7. The van der Waals surface area contributed by atoms with Crippen LogP contribution < -0.4 is 11.1 Å². The maximum Gasteiger partial charge on any atom is 0.153 e. The molecule has 2 aromatic rings. The summed E-state index contributed by atoms with van der Waals surface area (Å²) in [5.74, 6) is 0.556. The molecule has 0 saturated carbocycles. The van der Waals surface area contributed by atoms with Gasteiger partial charge in [0.1, 0.15) is 6.07 Å². The van der Waals surface area contributed by atoms with Crippen LogP contribution in [0.3, 0.4) is 0 Å². The van der Waals surface area contributed by atoms with Gasteiger partial charge in [0.2, 0.25) is 0 Å². The number of nitriles is 1. The van der Waals surface area contributed by atoms with E-state index in [0.29, 0.717) is 17.1 Å². The monoisotopic (exact) mass is 316 g/mol. The van der Waals surface area contributed by atoms with Gasteiger partial charge in [-0.3, -0.25) is 0 Å². The number of nitrogens with one attached hydrogen (secondary N) is 1. The van der Waals surface area contributed by atoms with Gasteiger partial charge < -0.3 is 11.1 Å². The number of nitrogens with two attached hydrogens (primary N) is 1. The van der Waals surface area contributed by atoms with Gasteiger partial charge in [0.15, 0.2) is 5.82 Å². The molecular weight excluding hydrogens is 304 g/mol. The zero-order valence-corrected chi connectivity index (χ0v) is 12.2. The van der Waals surface area contributed by atoms with Gasteiger partial charge in [-0.1, -0.05) is 15.9 Å². The molecule has 0 unspecified atom stereocenters. The minimum Gasteiger partial charge on any atom is -0.396 e. The van der Waals surface area contributed by atoms with Crippen LogP contribution in [0.5, 0.6) is 0 Å². The van der Waals surface area contributed by atoms with Gasteiger partial charge in [-0.15, -0.1) is 0 Å². The molecule has 0 aliphatic heterocycles. The van der Waals surface area contributed by atoms with Crippen molar-refractivity contribution in [3.63, 3.8) is 0 Å². The van der Waals surface area contributed by atoms with Crippen molar-refractivity contribution in [3.05, 3.63) is 45.6 Å². The Hall–Kier alpha value is -2.06. The lowest BCUT2D eigenvalue weighted by Crippen LogP contribution is -2.00. The molecule has 96 valence electrons. The fourth-order valence-electron chi connectivity index (χ4n) is 1.80. The Morgan fingerprint density at radius 2 is 1.89 bits per heavy atom. The lowest BCUT2D eigenvalue weighted by molar-refractivity contribution is 1.27. The number of benzene rings is 1. The molecule has 3 N–H and O–H groups in total. The number of hydrogen-bond donors (Lipinski definition) is 2. The van der Waals surface area contributed by atoms with Gasteiger partial charge in [-0.2, -0.15) is 5.26 Å². The van der Waals surface area contributed by atoms with E-state index >= 15 is 0 Å². The van der Waals surface area contributed by atoms with Crippen molar-refractivity contribution < 1.29 is 0 Å². The van der Waals surface area contributed by atoms with Gasteiger partial charge >= 0.3 is 0 Å². The Balaban J connectivity index is 2.34. The average Bonchev–Trinajstić information content (AvgIpc) is 2.38. The van der Waals surface area contributed by atoms with Crippen LogP contribution >= 0.6 is 15.9 Å². The molecule has 1 heterocycles. The van der Waals surface area contributed by atoms with E-state index in [1.165, 1.54) is 6.20 Å². The Labute approximate surface area is 120 Å². The van der Waals surface area contributed by atoms with E-state index < -0.39 is 0 Å². The number of hydrogen-bond acceptors (Lipinski definition) is 4. The molecule has 0 atom stereocenters. The first kappa shape index (κ1) is 13.4. The third-order valence-corrected chi connectivity index (χ3v) is 4.00. The van der Waals surface area contributed by atoms with E-state index in [1.54, 1.807) is 6.07 Å². The van der Waals surface area contributed by atoms with E-state index in [0.717, 1.165) is 21.3 Å². The molecule has 4 nitrogen and oxygen atoms in total. The molecule has 1 aromatic carbocycles. The molecule has 0 amide bonds. The summed E-state index contributed by atoms with van der Waals surface area (Å²) >= 11 is 3.53. The molecule has 5 heteroatoms. The first-order valence-electron chi connectivity index (χ1n) is 5.70. The lowest BCUT2D eigenvalue weighted by Gasteiger charge is -2.11. The van der Waals surface area contributed by atoms with Gasteiger partial charge in [-0.25, -0.2) is 4.98 Å². The second-order valence-electron chi connectivity index (χ2n) is 4.32. The molecule has 0 aliphatic carbocycles. The quantitative estimate of drug-likeness (QED) is 0.886. The fourth-order valence-corrected chi connectivity index (χ4v) is 2.03. The van der Waals surface area contributed by atoms with Gasteiger partial charge in [0.05, 0.1) is 11.3 Å². The van der Waals surface area contributed by atoms with Crippen molar-refractivity contribution in [2.45, 2.75) is 13.8 Å². The van der Waals surface area contributed by atoms with E-state index in [2.05, 4.69) is 26.2 Å². The summed E-state index contributed by atoms with van der Waals surface area (Å²) in [6.07, 6.45) is 1.50. The summed E-state index contributed by atoms with van der Waals surface area (Å²) < 4.78 is 1.10. The highest BCUT2D eigenvalue weighted by Crippen LogP contribution is 2.28. The van der Waals surface area contributed by atoms with Crippen molar-refractivity contribution in [3.8, 4) is 6.07 Å². The Morgan fingerprint density at radius 3 is 2.42 bits per heavy atom. The first-order valence-corrected chi connectivity index (χ1v) is 6.50. The molecule has 0 bridgehead atoms. The van der Waals surface area contributed by atoms with Gasteiger partial charge in [0.25, 0.3) is 0 Å². The number of aromatic nitrogens is 1. The van der Waals surface area contributed by atoms with Crippen LogP contribution in [-0.2, 0) is 0 Å². The van der Waals surface area contributed by atoms with Crippen LogP contribution in [0.25, 0.3) is 0 Å². The van der Waals surface area contributed by atoms with Crippen LogP contribution in [0.4, 0.5) is 17.2 Å². The SMILES string of the molecule is Cc1cc(Nc2ncc(C#N)cc2N)cc(C)c1Br. The van der Waals surface area contributed by atoms with Crippen LogP contribution in [0, 0.1) is 25.2 Å². The van der Waals surface area contributed by atoms with E-state index in [4.69, 9.17) is 11.0 Å². The predicted octanol–water partition coefficient (Wildman–Crippen LogP) is 3.66. The van der Waals surface area contributed by atoms with Crippen molar-refractivity contribution >= 4 is 33.1 Å². The van der Waals surface area contributed by atoms with Gasteiger partial charge in [-0.05, 0) is 43.2 Å². The summed E-state index contributed by atoms with van der Waals surface area (Å²) in [5, 5.41) is 11.9. The maximum atomic E-state index is 8.77. The van der Waals surface area contributed by atoms with Crippen LogP contribution in [0.1, 0.15) is 16.7 Å². The Kier molecular flexibility index (Phi) is 3.72. The summed E-state index contributed by atoms with van der Waals surface area (Å²) in [7, 11) is 0. The number of nitrogens with zero attached hydrogens (tertiary/aromatic N) is 2. The number of nitrogen functional groups attached to an aromatic ring is 1. The highest BCUT2D eigenvalue weighted by molar-refractivity contribution is 9.10. The Bertz CT molecular complexity index is 651.